The lowest BCUT2D eigenvalue weighted by molar-refractivity contribution is -0.117. The van der Waals surface area contributed by atoms with Crippen molar-refractivity contribution in [1.82, 2.24) is 15.2 Å². The third kappa shape index (κ3) is 1.55. The largest absolute Gasteiger partial charge is 0.402 e. The van der Waals surface area contributed by atoms with Crippen molar-refractivity contribution in [3.8, 4) is 0 Å². The van der Waals surface area contributed by atoms with Crippen LogP contribution in [-0.4, -0.2) is 16.0 Å². The highest BCUT2D eigenvalue weighted by Gasteiger charge is 2.36. The summed E-state index contributed by atoms with van der Waals surface area (Å²) in [6, 6.07) is 5.31. The third-order valence-corrected chi connectivity index (χ3v) is 2.04. The maximum Gasteiger partial charge on any atom is 0.402 e. The topological polar surface area (TPSA) is 47.9 Å². The van der Waals surface area contributed by atoms with E-state index >= 15 is 0 Å². The van der Waals surface area contributed by atoms with Gasteiger partial charge in [-0.2, -0.15) is 4.98 Å². The van der Waals surface area contributed by atoms with E-state index in [9.17, 15) is 4.79 Å². The molecule has 1 aromatic heterocycles. The van der Waals surface area contributed by atoms with Gasteiger partial charge in [0.1, 0.15) is 0 Å². The van der Waals surface area contributed by atoms with Gasteiger partial charge >= 0.3 is 11.0 Å². The second-order valence-corrected chi connectivity index (χ2v) is 3.03. The first-order valence-corrected chi connectivity index (χ1v) is 4.42. The van der Waals surface area contributed by atoms with Gasteiger partial charge in [-0.1, -0.05) is 6.07 Å². The summed E-state index contributed by atoms with van der Waals surface area (Å²) in [5, 5.41) is 3.12. The molecule has 1 aromatic rings. The average Bonchev–Trinajstić information content (AvgIpc) is 2.19. The van der Waals surface area contributed by atoms with Crippen LogP contribution in [0.3, 0.4) is 0 Å². The van der Waals surface area contributed by atoms with E-state index in [2.05, 4.69) is 10.3 Å². The first kappa shape index (κ1) is 8.98. The monoisotopic (exact) mass is 205 g/mol. The summed E-state index contributed by atoms with van der Waals surface area (Å²) in [5.74, 6) is 0.340. The molecule has 1 radical (unpaired) electrons. The Kier molecular flexibility index (Phi) is 2.34. The van der Waals surface area contributed by atoms with Gasteiger partial charge in [0.15, 0.2) is 0 Å². The van der Waals surface area contributed by atoms with Crippen LogP contribution >= 0.6 is 12.2 Å². The molecular formula is C9H7N3OS+. The Morgan fingerprint density at radius 3 is 2.93 bits per heavy atom. The van der Waals surface area contributed by atoms with Gasteiger partial charge in [-0.05, 0) is 6.07 Å². The zero-order valence-corrected chi connectivity index (χ0v) is 7.99. The second-order valence-electron chi connectivity index (χ2n) is 2.64. The maximum absolute atomic E-state index is 11.5. The van der Waals surface area contributed by atoms with Crippen LogP contribution in [0.25, 0.3) is 0 Å². The molecule has 1 N–H and O–H groups in total. The van der Waals surface area contributed by atoms with Crippen LogP contribution in [0, 0.1) is 0 Å². The summed E-state index contributed by atoms with van der Waals surface area (Å²) in [5.41, 5.74) is 0. The van der Waals surface area contributed by atoms with Gasteiger partial charge in [0.05, 0.1) is 6.08 Å². The molecule has 1 aliphatic heterocycles. The zero-order chi connectivity index (χ0) is 9.97. The standard InChI is InChI=1S/C9H7N3OS/c13-8-4-6-11-9(14)12(8)7-3-1-2-5-10-7/h1-6H,(H,11,14)/q+1. The van der Waals surface area contributed by atoms with Gasteiger partial charge in [0.25, 0.3) is 5.82 Å². The number of hydrogen-bond acceptors (Lipinski definition) is 3. The molecule has 0 aromatic carbocycles. The van der Waals surface area contributed by atoms with Crippen molar-refractivity contribution < 1.29 is 4.79 Å². The van der Waals surface area contributed by atoms with Gasteiger partial charge in [0.2, 0.25) is 0 Å². The van der Waals surface area contributed by atoms with Crippen molar-refractivity contribution >= 4 is 29.1 Å². The quantitative estimate of drug-likeness (QED) is 0.543. The lowest BCUT2D eigenvalue weighted by Crippen LogP contribution is -2.45. The molecular weight excluding hydrogens is 198 g/mol. The van der Waals surface area contributed by atoms with Crippen LogP contribution in [0.15, 0.2) is 36.7 Å². The number of rotatable bonds is 1. The van der Waals surface area contributed by atoms with E-state index in [0.717, 1.165) is 0 Å². The van der Waals surface area contributed by atoms with Gasteiger partial charge in [-0.25, -0.2) is 4.79 Å². The Labute approximate surface area is 86.2 Å². The van der Waals surface area contributed by atoms with Crippen LogP contribution in [-0.2, 0) is 4.79 Å². The predicted octanol–water partition coefficient (Wildman–Crippen LogP) is 0.782. The van der Waals surface area contributed by atoms with Gasteiger partial charge < -0.3 is 5.32 Å². The lowest BCUT2D eigenvalue weighted by atomic mass is 10.4. The van der Waals surface area contributed by atoms with Gasteiger partial charge in [-0.15, -0.1) is 0 Å². The number of carbonyl (C=O) groups excluding carboxylic acids is 1. The molecule has 0 fully saturated rings. The van der Waals surface area contributed by atoms with E-state index in [1.807, 2.05) is 0 Å². The Morgan fingerprint density at radius 2 is 2.29 bits per heavy atom. The Bertz CT molecular complexity index is 402. The fourth-order valence-corrected chi connectivity index (χ4v) is 1.38. The molecule has 1 amide bonds. The molecule has 0 atom stereocenters. The summed E-state index contributed by atoms with van der Waals surface area (Å²) >= 11 is 4.99. The fraction of sp³-hybridized carbons (Fsp3) is 0. The molecule has 2 rings (SSSR count). The minimum absolute atomic E-state index is 0.188. The third-order valence-electron chi connectivity index (χ3n) is 1.73. The number of nitrogens with zero attached hydrogens (tertiary/aromatic N) is 2. The highest BCUT2D eigenvalue weighted by atomic mass is 32.1. The van der Waals surface area contributed by atoms with E-state index in [1.165, 1.54) is 17.2 Å². The number of anilines is 1. The van der Waals surface area contributed by atoms with Crippen LogP contribution in [0.5, 0.6) is 0 Å². The summed E-state index contributed by atoms with van der Waals surface area (Å²) in [6.45, 7) is 0. The number of thiocarbonyl (C=S) groups is 1. The molecule has 69 valence electrons. The second kappa shape index (κ2) is 3.65. The smallest absolute Gasteiger partial charge is 0.302 e. The van der Waals surface area contributed by atoms with Crippen LogP contribution in [0.2, 0.25) is 0 Å². The van der Waals surface area contributed by atoms with E-state index in [-0.39, 0.29) is 5.91 Å². The molecule has 0 bridgehead atoms. The Morgan fingerprint density at radius 1 is 1.43 bits per heavy atom. The highest BCUT2D eigenvalue weighted by Crippen LogP contribution is 2.11. The first-order valence-electron chi connectivity index (χ1n) is 4.01. The summed E-state index contributed by atoms with van der Waals surface area (Å²) in [4.78, 5) is 16.9. The molecule has 4 nitrogen and oxygen atoms in total. The minimum atomic E-state index is -0.188. The zero-order valence-electron chi connectivity index (χ0n) is 7.18. The van der Waals surface area contributed by atoms with E-state index in [4.69, 9.17) is 12.2 Å². The fourth-order valence-electron chi connectivity index (χ4n) is 1.13. The Balaban J connectivity index is 2.38. The van der Waals surface area contributed by atoms with E-state index < -0.39 is 0 Å². The predicted molar refractivity (Wildman–Crippen MR) is 55.9 cm³/mol. The van der Waals surface area contributed by atoms with Crippen molar-refractivity contribution in [1.29, 1.82) is 0 Å². The normalized spacial score (nSPS) is 16.9. The van der Waals surface area contributed by atoms with E-state index in [0.29, 0.717) is 10.9 Å². The van der Waals surface area contributed by atoms with Crippen molar-refractivity contribution in [2.24, 2.45) is 0 Å². The lowest BCUT2D eigenvalue weighted by Gasteiger charge is -2.09. The van der Waals surface area contributed by atoms with Crippen molar-refractivity contribution in [2.75, 3.05) is 0 Å². The molecule has 2 heterocycles. The molecule has 0 unspecified atom stereocenters. The molecule has 1 aliphatic rings. The number of nitrogens with one attached hydrogen (secondary N) is 1. The SMILES string of the molecule is O=C1C=CNC(=S)[N+]1c1ccccn1. The summed E-state index contributed by atoms with van der Waals surface area (Å²) < 4.78 is 0. The molecule has 14 heavy (non-hydrogen) atoms. The average molecular weight is 205 g/mol. The number of aromatic nitrogens is 1. The molecule has 0 saturated heterocycles. The molecule has 0 saturated carbocycles. The van der Waals surface area contributed by atoms with Crippen LogP contribution in [0.4, 0.5) is 5.82 Å². The van der Waals surface area contributed by atoms with Crippen LogP contribution < -0.4 is 10.2 Å². The number of carbonyl (C=O) groups is 1. The summed E-state index contributed by atoms with van der Waals surface area (Å²) in [6.07, 6.45) is 4.54. The van der Waals surface area contributed by atoms with E-state index in [1.54, 1.807) is 24.4 Å². The van der Waals surface area contributed by atoms with Gasteiger partial charge in [-0.3, -0.25) is 0 Å². The maximum atomic E-state index is 11.5. The number of pyridine rings is 1. The van der Waals surface area contributed by atoms with Crippen molar-refractivity contribution in [2.45, 2.75) is 0 Å². The Hall–Kier alpha value is -1.59. The van der Waals surface area contributed by atoms with Crippen molar-refractivity contribution in [3.63, 3.8) is 0 Å². The molecule has 5 heteroatoms. The molecule has 0 spiro atoms. The summed E-state index contributed by atoms with van der Waals surface area (Å²) in [7, 11) is 0. The first-order chi connectivity index (χ1) is 6.79. The van der Waals surface area contributed by atoms with Gasteiger partial charge in [0, 0.05) is 35.6 Å². The highest BCUT2D eigenvalue weighted by molar-refractivity contribution is 7.80. The number of hydrogen-bond donors (Lipinski definition) is 1. The minimum Gasteiger partial charge on any atom is -0.302 e. The van der Waals surface area contributed by atoms with Crippen LogP contribution in [0.1, 0.15) is 0 Å². The molecule has 0 aliphatic carbocycles. The number of amides is 1. The van der Waals surface area contributed by atoms with Crippen molar-refractivity contribution in [3.05, 3.63) is 36.7 Å².